The van der Waals surface area contributed by atoms with E-state index in [1.54, 1.807) is 0 Å². The number of carbonyl (C=O) groups is 1. The monoisotopic (exact) mass is 247 g/mol. The number of carbonyl (C=O) groups excluding carboxylic acids is 1. The Labute approximate surface area is 107 Å². The van der Waals surface area contributed by atoms with Gasteiger partial charge in [0.1, 0.15) is 0 Å². The van der Waals surface area contributed by atoms with Gasteiger partial charge in [0.2, 0.25) is 0 Å². The molecule has 17 heavy (non-hydrogen) atoms. The molecule has 0 heterocycles. The minimum atomic E-state index is 0. The highest BCUT2D eigenvalue weighted by atomic mass is 35.5. The molecule has 0 spiro atoms. The smallest absolute Gasteiger partial charge is 0.193 e. The molecular weight excluding hydrogens is 234 g/mol. The van der Waals surface area contributed by atoms with Crippen LogP contribution in [0.3, 0.4) is 0 Å². The normalized spacial score (nSPS) is 9.47. The second-order valence-electron chi connectivity index (χ2n) is 3.60. The van der Waals surface area contributed by atoms with Crippen LogP contribution in [0.2, 0.25) is 0 Å². The number of hydrogen-bond acceptors (Lipinski definition) is 2. The van der Waals surface area contributed by atoms with Gasteiger partial charge in [-0.15, -0.1) is 12.4 Å². The van der Waals surface area contributed by atoms with E-state index in [1.807, 2.05) is 54.6 Å². The molecule has 0 aliphatic heterocycles. The number of hydrogen-bond donors (Lipinski definition) is 1. The molecule has 0 amide bonds. The van der Waals surface area contributed by atoms with E-state index in [-0.39, 0.29) is 18.2 Å². The summed E-state index contributed by atoms with van der Waals surface area (Å²) >= 11 is 0. The van der Waals surface area contributed by atoms with Crippen LogP contribution in [0.5, 0.6) is 0 Å². The van der Waals surface area contributed by atoms with E-state index >= 15 is 0 Å². The first kappa shape index (κ1) is 13.4. The van der Waals surface area contributed by atoms with Crippen LogP contribution in [0.4, 0.5) is 0 Å². The lowest BCUT2D eigenvalue weighted by atomic mass is 10.0. The van der Waals surface area contributed by atoms with Crippen LogP contribution in [0.25, 0.3) is 0 Å². The molecule has 2 rings (SSSR count). The molecule has 0 saturated heterocycles. The van der Waals surface area contributed by atoms with Crippen molar-refractivity contribution >= 4 is 18.2 Å². The van der Waals surface area contributed by atoms with E-state index in [1.165, 1.54) is 0 Å². The highest BCUT2D eigenvalue weighted by Gasteiger charge is 2.07. The van der Waals surface area contributed by atoms with Gasteiger partial charge in [0.05, 0.1) is 0 Å². The zero-order valence-corrected chi connectivity index (χ0v) is 10.1. The third-order valence-electron chi connectivity index (χ3n) is 2.46. The summed E-state index contributed by atoms with van der Waals surface area (Å²) in [6.45, 7) is 0.454. The third kappa shape index (κ3) is 3.16. The third-order valence-corrected chi connectivity index (χ3v) is 2.46. The summed E-state index contributed by atoms with van der Waals surface area (Å²) in [4.78, 5) is 12.1. The van der Waals surface area contributed by atoms with E-state index in [2.05, 4.69) is 0 Å². The van der Waals surface area contributed by atoms with Crippen LogP contribution in [0.15, 0.2) is 54.6 Å². The molecule has 0 aliphatic carbocycles. The van der Waals surface area contributed by atoms with Crippen LogP contribution < -0.4 is 5.73 Å². The number of benzene rings is 2. The van der Waals surface area contributed by atoms with E-state index in [4.69, 9.17) is 5.73 Å². The average Bonchev–Trinajstić information content (AvgIpc) is 2.39. The van der Waals surface area contributed by atoms with Crippen LogP contribution in [0, 0.1) is 0 Å². The topological polar surface area (TPSA) is 43.1 Å². The van der Waals surface area contributed by atoms with Crippen LogP contribution in [-0.2, 0) is 6.54 Å². The molecule has 2 nitrogen and oxygen atoms in total. The Bertz CT molecular complexity index is 497. The van der Waals surface area contributed by atoms with Crippen molar-refractivity contribution in [2.24, 2.45) is 5.73 Å². The zero-order valence-electron chi connectivity index (χ0n) is 9.30. The van der Waals surface area contributed by atoms with Gasteiger partial charge in [0.25, 0.3) is 0 Å². The second kappa shape index (κ2) is 6.18. The Morgan fingerprint density at radius 2 is 1.59 bits per heavy atom. The summed E-state index contributed by atoms with van der Waals surface area (Å²) in [5, 5.41) is 0. The van der Waals surface area contributed by atoms with Gasteiger partial charge in [-0.25, -0.2) is 0 Å². The maximum atomic E-state index is 12.1. The zero-order chi connectivity index (χ0) is 11.4. The van der Waals surface area contributed by atoms with Gasteiger partial charge in [-0.05, 0) is 11.6 Å². The Hall–Kier alpha value is -1.64. The quantitative estimate of drug-likeness (QED) is 0.848. The van der Waals surface area contributed by atoms with Crippen molar-refractivity contribution in [3.8, 4) is 0 Å². The molecule has 0 atom stereocenters. The van der Waals surface area contributed by atoms with Gasteiger partial charge in [-0.2, -0.15) is 0 Å². The molecule has 2 aromatic carbocycles. The van der Waals surface area contributed by atoms with Crippen molar-refractivity contribution in [2.45, 2.75) is 6.54 Å². The summed E-state index contributed by atoms with van der Waals surface area (Å²) < 4.78 is 0. The lowest BCUT2D eigenvalue weighted by Gasteiger charge is -2.03. The van der Waals surface area contributed by atoms with Crippen molar-refractivity contribution in [3.05, 3.63) is 71.3 Å². The highest BCUT2D eigenvalue weighted by Crippen LogP contribution is 2.11. The lowest BCUT2D eigenvalue weighted by molar-refractivity contribution is 0.103. The Balaban J connectivity index is 0.00000144. The summed E-state index contributed by atoms with van der Waals surface area (Å²) in [6.07, 6.45) is 0. The largest absolute Gasteiger partial charge is 0.326 e. The molecule has 3 heteroatoms. The van der Waals surface area contributed by atoms with Gasteiger partial charge < -0.3 is 5.73 Å². The molecule has 2 N–H and O–H groups in total. The SMILES string of the molecule is Cl.NCc1cccc(C(=O)c2ccccc2)c1. The van der Waals surface area contributed by atoms with Gasteiger partial charge in [-0.1, -0.05) is 48.5 Å². The van der Waals surface area contributed by atoms with Crippen molar-refractivity contribution in [3.63, 3.8) is 0 Å². The predicted molar refractivity (Wildman–Crippen MR) is 71.5 cm³/mol. The average molecular weight is 248 g/mol. The molecule has 0 saturated carbocycles. The number of halogens is 1. The van der Waals surface area contributed by atoms with E-state index < -0.39 is 0 Å². The molecule has 0 unspecified atom stereocenters. The number of nitrogens with two attached hydrogens (primary N) is 1. The maximum absolute atomic E-state index is 12.1. The van der Waals surface area contributed by atoms with E-state index in [9.17, 15) is 4.79 Å². The first-order chi connectivity index (χ1) is 7.81. The summed E-state index contributed by atoms with van der Waals surface area (Å²) in [6, 6.07) is 16.7. The Morgan fingerprint density at radius 1 is 0.941 bits per heavy atom. The molecule has 0 bridgehead atoms. The molecular formula is C14H14ClNO. The van der Waals surface area contributed by atoms with E-state index in [0.717, 1.165) is 5.56 Å². The lowest BCUT2D eigenvalue weighted by Crippen LogP contribution is -2.03. The van der Waals surface area contributed by atoms with Crippen molar-refractivity contribution in [2.75, 3.05) is 0 Å². The van der Waals surface area contributed by atoms with Crippen LogP contribution in [0.1, 0.15) is 21.5 Å². The maximum Gasteiger partial charge on any atom is 0.193 e. The molecule has 0 fully saturated rings. The first-order valence-corrected chi connectivity index (χ1v) is 5.20. The van der Waals surface area contributed by atoms with E-state index in [0.29, 0.717) is 17.7 Å². The summed E-state index contributed by atoms with van der Waals surface area (Å²) in [5.41, 5.74) is 7.91. The molecule has 0 aromatic heterocycles. The summed E-state index contributed by atoms with van der Waals surface area (Å²) in [7, 11) is 0. The van der Waals surface area contributed by atoms with Gasteiger partial charge >= 0.3 is 0 Å². The fourth-order valence-electron chi connectivity index (χ4n) is 1.60. The fraction of sp³-hybridized carbons (Fsp3) is 0.0714. The van der Waals surface area contributed by atoms with Crippen molar-refractivity contribution < 1.29 is 4.79 Å². The number of ketones is 1. The number of rotatable bonds is 3. The minimum absolute atomic E-state index is 0. The second-order valence-corrected chi connectivity index (χ2v) is 3.60. The van der Waals surface area contributed by atoms with Gasteiger partial charge in [0, 0.05) is 17.7 Å². The predicted octanol–water partition coefficient (Wildman–Crippen LogP) is 2.80. The highest BCUT2D eigenvalue weighted by molar-refractivity contribution is 6.09. The van der Waals surface area contributed by atoms with Crippen molar-refractivity contribution in [1.29, 1.82) is 0 Å². The Morgan fingerprint density at radius 3 is 2.24 bits per heavy atom. The standard InChI is InChI=1S/C14H13NO.ClH/c15-10-11-5-4-8-13(9-11)14(16)12-6-2-1-3-7-12;/h1-9H,10,15H2;1H. The fourth-order valence-corrected chi connectivity index (χ4v) is 1.60. The Kier molecular flexibility index (Phi) is 4.88. The minimum Gasteiger partial charge on any atom is -0.326 e. The molecule has 0 aliphatic rings. The van der Waals surface area contributed by atoms with Crippen molar-refractivity contribution in [1.82, 2.24) is 0 Å². The first-order valence-electron chi connectivity index (χ1n) is 5.20. The van der Waals surface area contributed by atoms with Crippen LogP contribution in [-0.4, -0.2) is 5.78 Å². The van der Waals surface area contributed by atoms with Gasteiger partial charge in [0.15, 0.2) is 5.78 Å². The molecule has 2 aromatic rings. The summed E-state index contributed by atoms with van der Waals surface area (Å²) in [5.74, 6) is 0.0379. The van der Waals surface area contributed by atoms with Crippen LogP contribution >= 0.6 is 12.4 Å². The molecule has 88 valence electrons. The van der Waals surface area contributed by atoms with Gasteiger partial charge in [-0.3, -0.25) is 4.79 Å². The molecule has 0 radical (unpaired) electrons.